The molecule has 0 saturated carbocycles. The zero-order chi connectivity index (χ0) is 14.5. The molecule has 0 aliphatic carbocycles. The summed E-state index contributed by atoms with van der Waals surface area (Å²) in [5.74, 6) is -0.593. The summed E-state index contributed by atoms with van der Waals surface area (Å²) in [5.41, 5.74) is 0.440. The second-order valence-corrected chi connectivity index (χ2v) is 5.00. The number of amides is 1. The van der Waals surface area contributed by atoms with E-state index in [1.807, 2.05) is 11.8 Å². The zero-order valence-corrected chi connectivity index (χ0v) is 11.4. The topological polar surface area (TPSA) is 61.8 Å². The fraction of sp³-hybridized carbons (Fsp3) is 0.500. The lowest BCUT2D eigenvalue weighted by atomic mass is 10.2. The average molecular weight is 282 g/mol. The molecule has 1 aromatic rings. The van der Waals surface area contributed by atoms with E-state index in [4.69, 9.17) is 9.84 Å². The van der Waals surface area contributed by atoms with Crippen LogP contribution in [-0.2, 0) is 9.53 Å². The Labute approximate surface area is 117 Å². The number of nitrogens with zero attached hydrogens (tertiary/aromatic N) is 1. The predicted molar refractivity (Wildman–Crippen MR) is 72.9 cm³/mol. The highest BCUT2D eigenvalue weighted by atomic mass is 19.1. The maximum Gasteiger partial charge on any atom is 0.238 e. The Balaban J connectivity index is 1.87. The first-order chi connectivity index (χ1) is 9.56. The van der Waals surface area contributed by atoms with Crippen molar-refractivity contribution >= 4 is 11.6 Å². The van der Waals surface area contributed by atoms with Crippen LogP contribution in [0.1, 0.15) is 6.92 Å². The monoisotopic (exact) mass is 282 g/mol. The summed E-state index contributed by atoms with van der Waals surface area (Å²) in [6.07, 6.45) is -0.288. The van der Waals surface area contributed by atoms with Crippen LogP contribution in [0, 0.1) is 5.82 Å². The normalized spacial score (nSPS) is 23.6. The lowest BCUT2D eigenvalue weighted by molar-refractivity contribution is -0.124. The Morgan fingerprint density at radius 3 is 3.05 bits per heavy atom. The number of morpholine rings is 1. The molecule has 2 N–H and O–H groups in total. The molecule has 1 saturated heterocycles. The third-order valence-corrected chi connectivity index (χ3v) is 3.08. The van der Waals surface area contributed by atoms with Gasteiger partial charge in [0.05, 0.1) is 25.4 Å². The standard InChI is InChI=1S/C14H19FN2O3/c1-10-6-17(7-13(9-18)20-10)8-14(19)16-12-4-2-3-11(15)5-12/h2-5,10,13,18H,6-9H2,1H3,(H,16,19). The van der Waals surface area contributed by atoms with Crippen LogP contribution < -0.4 is 5.32 Å². The van der Waals surface area contributed by atoms with Crippen molar-refractivity contribution in [1.29, 1.82) is 0 Å². The molecule has 5 nitrogen and oxygen atoms in total. The van der Waals surface area contributed by atoms with E-state index in [0.717, 1.165) is 0 Å². The number of nitrogens with one attached hydrogen (secondary N) is 1. The summed E-state index contributed by atoms with van der Waals surface area (Å²) in [7, 11) is 0. The van der Waals surface area contributed by atoms with Gasteiger partial charge in [0.1, 0.15) is 5.82 Å². The fourth-order valence-corrected chi connectivity index (χ4v) is 2.34. The number of hydrogen-bond acceptors (Lipinski definition) is 4. The second-order valence-electron chi connectivity index (χ2n) is 5.00. The highest BCUT2D eigenvalue weighted by molar-refractivity contribution is 5.92. The lowest BCUT2D eigenvalue weighted by Gasteiger charge is -2.35. The molecule has 1 aliphatic heterocycles. The van der Waals surface area contributed by atoms with Crippen LogP contribution in [0.5, 0.6) is 0 Å². The number of carbonyl (C=O) groups excluding carboxylic acids is 1. The number of benzene rings is 1. The number of aliphatic hydroxyl groups excluding tert-OH is 1. The number of hydrogen-bond donors (Lipinski definition) is 2. The van der Waals surface area contributed by atoms with E-state index in [-0.39, 0.29) is 37.1 Å². The fourth-order valence-electron chi connectivity index (χ4n) is 2.34. The molecule has 2 rings (SSSR count). The predicted octanol–water partition coefficient (Wildman–Crippen LogP) is 0.846. The van der Waals surface area contributed by atoms with Crippen LogP contribution >= 0.6 is 0 Å². The first kappa shape index (κ1) is 14.9. The molecule has 20 heavy (non-hydrogen) atoms. The van der Waals surface area contributed by atoms with E-state index in [2.05, 4.69) is 5.32 Å². The van der Waals surface area contributed by atoms with Crippen LogP contribution in [0.2, 0.25) is 0 Å². The van der Waals surface area contributed by atoms with Gasteiger partial charge in [-0.2, -0.15) is 0 Å². The molecule has 0 radical (unpaired) electrons. The summed E-state index contributed by atoms with van der Waals surface area (Å²) in [6, 6.07) is 5.78. The maximum atomic E-state index is 13.0. The molecule has 110 valence electrons. The summed E-state index contributed by atoms with van der Waals surface area (Å²) in [6.45, 7) is 3.18. The molecule has 2 atom stereocenters. The smallest absolute Gasteiger partial charge is 0.238 e. The van der Waals surface area contributed by atoms with Crippen molar-refractivity contribution in [3.05, 3.63) is 30.1 Å². The molecule has 1 amide bonds. The number of carbonyl (C=O) groups is 1. The van der Waals surface area contributed by atoms with Gasteiger partial charge in [-0.3, -0.25) is 9.69 Å². The first-order valence-corrected chi connectivity index (χ1v) is 6.61. The molecule has 1 aliphatic rings. The highest BCUT2D eigenvalue weighted by Crippen LogP contribution is 2.12. The van der Waals surface area contributed by atoms with Crippen LogP contribution in [0.4, 0.5) is 10.1 Å². The van der Waals surface area contributed by atoms with Gasteiger partial charge in [0.2, 0.25) is 5.91 Å². The molecule has 1 fully saturated rings. The van der Waals surface area contributed by atoms with Gasteiger partial charge in [-0.25, -0.2) is 4.39 Å². The summed E-state index contributed by atoms with van der Waals surface area (Å²) in [4.78, 5) is 13.8. The van der Waals surface area contributed by atoms with Gasteiger partial charge >= 0.3 is 0 Å². The molecule has 6 heteroatoms. The summed E-state index contributed by atoms with van der Waals surface area (Å²) >= 11 is 0. The maximum absolute atomic E-state index is 13.0. The third kappa shape index (κ3) is 4.26. The van der Waals surface area contributed by atoms with E-state index >= 15 is 0 Å². The molecule has 0 spiro atoms. The van der Waals surface area contributed by atoms with E-state index in [1.54, 1.807) is 12.1 Å². The Morgan fingerprint density at radius 2 is 2.35 bits per heavy atom. The molecule has 1 aromatic carbocycles. The number of halogens is 1. The number of aliphatic hydroxyl groups is 1. The van der Waals surface area contributed by atoms with E-state index < -0.39 is 0 Å². The molecule has 0 bridgehead atoms. The summed E-state index contributed by atoms with van der Waals surface area (Å²) < 4.78 is 18.5. The van der Waals surface area contributed by atoms with E-state index in [0.29, 0.717) is 18.8 Å². The highest BCUT2D eigenvalue weighted by Gasteiger charge is 2.25. The Morgan fingerprint density at radius 1 is 1.55 bits per heavy atom. The molecular weight excluding hydrogens is 263 g/mol. The Bertz CT molecular complexity index is 469. The van der Waals surface area contributed by atoms with E-state index in [1.165, 1.54) is 12.1 Å². The van der Waals surface area contributed by atoms with Gasteiger partial charge in [0, 0.05) is 18.8 Å². The van der Waals surface area contributed by atoms with Gasteiger partial charge < -0.3 is 15.2 Å². The van der Waals surface area contributed by atoms with Crippen LogP contribution in [0.15, 0.2) is 24.3 Å². The van der Waals surface area contributed by atoms with Gasteiger partial charge in [0.15, 0.2) is 0 Å². The van der Waals surface area contributed by atoms with Crippen molar-refractivity contribution in [2.45, 2.75) is 19.1 Å². The van der Waals surface area contributed by atoms with Crippen molar-refractivity contribution in [3.63, 3.8) is 0 Å². The van der Waals surface area contributed by atoms with Crippen molar-refractivity contribution in [2.24, 2.45) is 0 Å². The molecule has 2 unspecified atom stereocenters. The van der Waals surface area contributed by atoms with Crippen LogP contribution in [0.3, 0.4) is 0 Å². The van der Waals surface area contributed by atoms with Crippen molar-refractivity contribution in [3.8, 4) is 0 Å². The van der Waals surface area contributed by atoms with Crippen molar-refractivity contribution in [1.82, 2.24) is 4.90 Å². The molecular formula is C14H19FN2O3. The molecule has 1 heterocycles. The van der Waals surface area contributed by atoms with E-state index in [9.17, 15) is 9.18 Å². The van der Waals surface area contributed by atoms with Crippen LogP contribution in [0.25, 0.3) is 0 Å². The van der Waals surface area contributed by atoms with Crippen molar-refractivity contribution < 1.29 is 19.0 Å². The molecule has 0 aromatic heterocycles. The minimum absolute atomic E-state index is 0.0251. The van der Waals surface area contributed by atoms with Gasteiger partial charge in [-0.1, -0.05) is 6.07 Å². The number of ether oxygens (including phenoxy) is 1. The SMILES string of the molecule is CC1CN(CC(=O)Nc2cccc(F)c2)CC(CO)O1. The average Bonchev–Trinajstić information content (AvgIpc) is 2.37. The Hall–Kier alpha value is -1.50. The third-order valence-electron chi connectivity index (χ3n) is 3.08. The van der Waals surface area contributed by atoms with Gasteiger partial charge in [-0.15, -0.1) is 0 Å². The number of anilines is 1. The lowest BCUT2D eigenvalue weighted by Crippen LogP contribution is -2.50. The van der Waals surface area contributed by atoms with Gasteiger partial charge in [-0.05, 0) is 25.1 Å². The first-order valence-electron chi connectivity index (χ1n) is 6.61. The zero-order valence-electron chi connectivity index (χ0n) is 11.4. The summed E-state index contributed by atoms with van der Waals surface area (Å²) in [5, 5.41) is 11.8. The van der Waals surface area contributed by atoms with Crippen LogP contribution in [-0.4, -0.2) is 54.4 Å². The van der Waals surface area contributed by atoms with Gasteiger partial charge in [0.25, 0.3) is 0 Å². The van der Waals surface area contributed by atoms with Crippen molar-refractivity contribution in [2.75, 3.05) is 31.6 Å². The quantitative estimate of drug-likeness (QED) is 0.859. The second kappa shape index (κ2) is 6.78. The number of rotatable bonds is 4. The minimum Gasteiger partial charge on any atom is -0.394 e. The Kier molecular flexibility index (Phi) is 5.05. The minimum atomic E-state index is -0.386. The largest absolute Gasteiger partial charge is 0.394 e.